The van der Waals surface area contributed by atoms with Crippen LogP contribution in [0.3, 0.4) is 0 Å². The molecule has 2 aliphatic rings. The second-order valence-electron chi connectivity index (χ2n) is 9.89. The molecule has 2 aliphatic heterocycles. The monoisotopic (exact) mass is 434 g/mol. The van der Waals surface area contributed by atoms with Crippen LogP contribution in [0, 0.1) is 0 Å². The van der Waals surface area contributed by atoms with Crippen LogP contribution in [-0.2, 0) is 12.8 Å². The Morgan fingerprint density at radius 2 is 0.844 bits per heavy atom. The summed E-state index contributed by atoms with van der Waals surface area (Å²) in [5, 5.41) is 0. The first-order chi connectivity index (χ1) is 15.7. The highest BCUT2D eigenvalue weighted by molar-refractivity contribution is 5.64. The van der Waals surface area contributed by atoms with Crippen molar-refractivity contribution >= 4 is 0 Å². The van der Waals surface area contributed by atoms with Crippen LogP contribution in [0.2, 0.25) is 0 Å². The molecule has 32 heavy (non-hydrogen) atoms. The van der Waals surface area contributed by atoms with Gasteiger partial charge in [0.15, 0.2) is 0 Å². The average Bonchev–Trinajstić information content (AvgIpc) is 2.83. The molecule has 2 aromatic carbocycles. The molecule has 2 heterocycles. The molecule has 0 unspecified atom stereocenters. The number of nitrogens with zero attached hydrogens (tertiary/aromatic N) is 4. The van der Waals surface area contributed by atoms with E-state index in [9.17, 15) is 0 Å². The molecule has 174 valence electrons. The minimum Gasteiger partial charge on any atom is -0.304 e. The fourth-order valence-corrected chi connectivity index (χ4v) is 4.88. The first kappa shape index (κ1) is 23.4. The summed E-state index contributed by atoms with van der Waals surface area (Å²) in [6.07, 6.45) is 4.87. The second kappa shape index (κ2) is 11.9. The molecule has 0 amide bonds. The van der Waals surface area contributed by atoms with E-state index in [1.807, 2.05) is 0 Å². The zero-order valence-corrected chi connectivity index (χ0v) is 20.3. The van der Waals surface area contributed by atoms with Gasteiger partial charge in [-0.1, -0.05) is 48.5 Å². The molecule has 2 fully saturated rings. The summed E-state index contributed by atoms with van der Waals surface area (Å²) in [7, 11) is 4.45. The summed E-state index contributed by atoms with van der Waals surface area (Å²) in [6, 6.07) is 18.5. The first-order valence-corrected chi connectivity index (χ1v) is 12.7. The van der Waals surface area contributed by atoms with Crippen molar-refractivity contribution in [3.05, 3.63) is 59.7 Å². The lowest BCUT2D eigenvalue weighted by atomic mass is 10.00. The molecule has 0 spiro atoms. The first-order valence-electron chi connectivity index (χ1n) is 12.7. The smallest absolute Gasteiger partial charge is 0.0110 e. The third-order valence-electron chi connectivity index (χ3n) is 7.31. The number of likely N-dealkylation sites (N-methyl/N-ethyl adjacent to an activating group) is 2. The maximum Gasteiger partial charge on any atom is 0.0110 e. The molecule has 2 saturated heterocycles. The van der Waals surface area contributed by atoms with Crippen LogP contribution < -0.4 is 0 Å². The Hall–Kier alpha value is -1.72. The molecular formula is C28H42N4. The van der Waals surface area contributed by atoms with Gasteiger partial charge >= 0.3 is 0 Å². The van der Waals surface area contributed by atoms with Crippen LogP contribution in [-0.4, -0.2) is 99.1 Å². The van der Waals surface area contributed by atoms with Gasteiger partial charge in [-0.15, -0.1) is 0 Å². The molecule has 0 radical (unpaired) electrons. The fourth-order valence-electron chi connectivity index (χ4n) is 4.88. The van der Waals surface area contributed by atoms with E-state index in [2.05, 4.69) is 82.2 Å². The van der Waals surface area contributed by atoms with Crippen molar-refractivity contribution in [3.8, 4) is 11.1 Å². The molecule has 4 nitrogen and oxygen atoms in total. The minimum atomic E-state index is 1.18. The van der Waals surface area contributed by atoms with Crippen molar-refractivity contribution in [2.75, 3.05) is 79.5 Å². The molecule has 4 heteroatoms. The van der Waals surface area contributed by atoms with Crippen molar-refractivity contribution in [2.45, 2.75) is 25.7 Å². The fraction of sp³-hybridized carbons (Fsp3) is 0.571. The SMILES string of the molecule is CN1CCN(CCCc2ccc(-c3ccc(CCCN4CCN(C)CC4)cc3)cc2)CC1. The topological polar surface area (TPSA) is 13.0 Å². The van der Waals surface area contributed by atoms with Gasteiger partial charge in [0.05, 0.1) is 0 Å². The molecule has 0 aliphatic carbocycles. The Bertz CT molecular complexity index is 716. The molecular weight excluding hydrogens is 392 g/mol. The Morgan fingerprint density at radius 1 is 0.500 bits per heavy atom. The predicted octanol–water partition coefficient (Wildman–Crippen LogP) is 3.71. The Labute approximate surface area is 195 Å². The Balaban J connectivity index is 1.18. The van der Waals surface area contributed by atoms with E-state index in [4.69, 9.17) is 0 Å². The van der Waals surface area contributed by atoms with Gasteiger partial charge in [0.1, 0.15) is 0 Å². The van der Waals surface area contributed by atoms with E-state index < -0.39 is 0 Å². The van der Waals surface area contributed by atoms with Gasteiger partial charge in [0.25, 0.3) is 0 Å². The van der Waals surface area contributed by atoms with Gasteiger partial charge in [-0.2, -0.15) is 0 Å². The van der Waals surface area contributed by atoms with Crippen LogP contribution in [0.1, 0.15) is 24.0 Å². The van der Waals surface area contributed by atoms with Crippen molar-refractivity contribution in [3.63, 3.8) is 0 Å². The number of aryl methyl sites for hydroxylation is 2. The van der Waals surface area contributed by atoms with Crippen molar-refractivity contribution in [2.24, 2.45) is 0 Å². The number of benzene rings is 2. The van der Waals surface area contributed by atoms with Crippen LogP contribution in [0.5, 0.6) is 0 Å². The van der Waals surface area contributed by atoms with Gasteiger partial charge in [-0.3, -0.25) is 0 Å². The second-order valence-corrected chi connectivity index (χ2v) is 9.89. The van der Waals surface area contributed by atoms with Crippen LogP contribution in [0.25, 0.3) is 11.1 Å². The molecule has 0 atom stereocenters. The maximum atomic E-state index is 2.61. The van der Waals surface area contributed by atoms with Gasteiger partial charge < -0.3 is 19.6 Å². The molecule has 0 bridgehead atoms. The van der Waals surface area contributed by atoms with E-state index in [0.717, 1.165) is 0 Å². The summed E-state index contributed by atoms with van der Waals surface area (Å²) in [6.45, 7) is 12.2. The highest BCUT2D eigenvalue weighted by Crippen LogP contribution is 2.21. The average molecular weight is 435 g/mol. The number of hydrogen-bond donors (Lipinski definition) is 0. The summed E-state index contributed by atoms with van der Waals surface area (Å²) in [5.41, 5.74) is 5.58. The summed E-state index contributed by atoms with van der Waals surface area (Å²) in [5.74, 6) is 0. The van der Waals surface area contributed by atoms with Gasteiger partial charge in [0, 0.05) is 52.4 Å². The third-order valence-corrected chi connectivity index (χ3v) is 7.31. The van der Waals surface area contributed by atoms with Crippen molar-refractivity contribution in [1.82, 2.24) is 19.6 Å². The van der Waals surface area contributed by atoms with Gasteiger partial charge in [-0.05, 0) is 75.1 Å². The van der Waals surface area contributed by atoms with E-state index in [0.29, 0.717) is 0 Å². The van der Waals surface area contributed by atoms with E-state index in [-0.39, 0.29) is 0 Å². The van der Waals surface area contributed by atoms with E-state index >= 15 is 0 Å². The molecule has 4 rings (SSSR count). The zero-order valence-electron chi connectivity index (χ0n) is 20.3. The van der Waals surface area contributed by atoms with Crippen LogP contribution >= 0.6 is 0 Å². The quantitative estimate of drug-likeness (QED) is 0.596. The molecule has 0 saturated carbocycles. The lowest BCUT2D eigenvalue weighted by molar-refractivity contribution is 0.153. The van der Waals surface area contributed by atoms with Crippen LogP contribution in [0.15, 0.2) is 48.5 Å². The molecule has 0 N–H and O–H groups in total. The zero-order chi connectivity index (χ0) is 22.2. The molecule has 2 aromatic rings. The maximum absolute atomic E-state index is 2.61. The van der Waals surface area contributed by atoms with E-state index in [1.54, 1.807) is 0 Å². The Morgan fingerprint density at radius 3 is 1.19 bits per heavy atom. The van der Waals surface area contributed by atoms with Crippen LogP contribution in [0.4, 0.5) is 0 Å². The van der Waals surface area contributed by atoms with Crippen molar-refractivity contribution < 1.29 is 0 Å². The van der Waals surface area contributed by atoms with Crippen molar-refractivity contribution in [1.29, 1.82) is 0 Å². The number of piperazine rings is 2. The Kier molecular flexibility index (Phi) is 8.75. The normalized spacial score (nSPS) is 19.4. The summed E-state index contributed by atoms with van der Waals surface area (Å²) in [4.78, 5) is 10.1. The third kappa shape index (κ3) is 7.14. The van der Waals surface area contributed by atoms with Gasteiger partial charge in [-0.25, -0.2) is 0 Å². The highest BCUT2D eigenvalue weighted by atomic mass is 15.2. The minimum absolute atomic E-state index is 1.18. The highest BCUT2D eigenvalue weighted by Gasteiger charge is 2.14. The standard InChI is InChI=1S/C28H42N4/c1-29-17-21-31(22-18-29)15-3-5-25-7-11-27(12-8-25)28-13-9-26(10-14-28)6-4-16-32-23-19-30(2)20-24-32/h7-14H,3-6,15-24H2,1-2H3. The molecule has 0 aromatic heterocycles. The number of rotatable bonds is 9. The summed E-state index contributed by atoms with van der Waals surface area (Å²) >= 11 is 0. The lowest BCUT2D eigenvalue weighted by Gasteiger charge is -2.32. The summed E-state index contributed by atoms with van der Waals surface area (Å²) < 4.78 is 0. The van der Waals surface area contributed by atoms with E-state index in [1.165, 1.54) is 113 Å². The predicted molar refractivity (Wildman–Crippen MR) is 136 cm³/mol. The van der Waals surface area contributed by atoms with Gasteiger partial charge in [0.2, 0.25) is 0 Å². The number of hydrogen-bond acceptors (Lipinski definition) is 4. The largest absolute Gasteiger partial charge is 0.304 e. The lowest BCUT2D eigenvalue weighted by Crippen LogP contribution is -2.44.